The maximum atomic E-state index is 12.2. The second kappa shape index (κ2) is 4.51. The number of carbonyl (C=O) groups excluding carboxylic acids is 1. The molecule has 0 radical (unpaired) electrons. The molecule has 2 N–H and O–H groups in total. The van der Waals surface area contributed by atoms with Crippen LogP contribution in [0.5, 0.6) is 0 Å². The number of nitrogens with one attached hydrogen (secondary N) is 1. The van der Waals surface area contributed by atoms with E-state index in [9.17, 15) is 9.59 Å². The summed E-state index contributed by atoms with van der Waals surface area (Å²) in [6, 6.07) is 7.12. The summed E-state index contributed by atoms with van der Waals surface area (Å²) in [6.45, 7) is 1.11. The zero-order chi connectivity index (χ0) is 13.4. The normalized spacial score (nSPS) is 15.5. The number of para-hydroxylation sites is 1. The van der Waals surface area contributed by atoms with Crippen LogP contribution in [-0.4, -0.2) is 40.6 Å². The summed E-state index contributed by atoms with van der Waals surface area (Å²) < 4.78 is 0. The third-order valence-electron chi connectivity index (χ3n) is 3.52. The van der Waals surface area contributed by atoms with Crippen molar-refractivity contribution < 1.29 is 9.90 Å². The number of amides is 1. The van der Waals surface area contributed by atoms with Crippen LogP contribution in [0.1, 0.15) is 10.4 Å². The molecule has 0 spiro atoms. The smallest absolute Gasteiger partial charge is 0.259 e. The van der Waals surface area contributed by atoms with Crippen LogP contribution in [0.15, 0.2) is 35.3 Å². The number of aromatic nitrogens is 1. The summed E-state index contributed by atoms with van der Waals surface area (Å²) in [5.41, 5.74) is 0.641. The Hall–Kier alpha value is -2.14. The van der Waals surface area contributed by atoms with Gasteiger partial charge in [0.05, 0.1) is 0 Å². The molecule has 1 aromatic carbocycles. The second-order valence-electron chi connectivity index (χ2n) is 4.84. The van der Waals surface area contributed by atoms with E-state index < -0.39 is 0 Å². The maximum Gasteiger partial charge on any atom is 0.259 e. The Morgan fingerprint density at radius 1 is 1.37 bits per heavy atom. The van der Waals surface area contributed by atoms with E-state index in [-0.39, 0.29) is 29.4 Å². The molecule has 0 unspecified atom stereocenters. The lowest BCUT2D eigenvalue weighted by molar-refractivity contribution is 0.0360. The van der Waals surface area contributed by atoms with Gasteiger partial charge in [-0.2, -0.15) is 0 Å². The van der Waals surface area contributed by atoms with Gasteiger partial charge in [-0.05, 0) is 12.1 Å². The van der Waals surface area contributed by atoms with Crippen molar-refractivity contribution in [3.05, 3.63) is 46.2 Å². The van der Waals surface area contributed by atoms with Crippen LogP contribution in [0, 0.1) is 5.92 Å². The molecule has 0 bridgehead atoms. The monoisotopic (exact) mass is 258 g/mol. The zero-order valence-corrected chi connectivity index (χ0v) is 10.3. The molecule has 5 heteroatoms. The maximum absolute atomic E-state index is 12.2. The van der Waals surface area contributed by atoms with Crippen LogP contribution < -0.4 is 5.43 Å². The van der Waals surface area contributed by atoms with Crippen molar-refractivity contribution in [2.75, 3.05) is 19.7 Å². The molecule has 0 aliphatic carbocycles. The van der Waals surface area contributed by atoms with E-state index in [1.54, 1.807) is 23.1 Å². The minimum atomic E-state index is -0.267. The number of likely N-dealkylation sites (tertiary alicyclic amines) is 1. The van der Waals surface area contributed by atoms with Gasteiger partial charge in [0.25, 0.3) is 5.91 Å². The highest BCUT2D eigenvalue weighted by molar-refractivity contribution is 5.97. The first-order chi connectivity index (χ1) is 9.20. The molecule has 1 fully saturated rings. The standard InChI is InChI=1S/C14H14N2O3/c17-8-9-6-16(7-9)14(19)11-5-15-12-4-2-1-3-10(12)13(11)18/h1-5,9,17H,6-8H2,(H,15,18). The quantitative estimate of drug-likeness (QED) is 0.828. The molecular weight excluding hydrogens is 244 g/mol. The topological polar surface area (TPSA) is 73.4 Å². The minimum absolute atomic E-state index is 0.0812. The van der Waals surface area contributed by atoms with Gasteiger partial charge in [0.1, 0.15) is 5.56 Å². The number of aliphatic hydroxyl groups is 1. The summed E-state index contributed by atoms with van der Waals surface area (Å²) in [5.74, 6) is -0.125. The molecule has 5 nitrogen and oxygen atoms in total. The Labute approximate surface area is 109 Å². The van der Waals surface area contributed by atoms with Crippen molar-refractivity contribution in [2.45, 2.75) is 0 Å². The Bertz CT molecular complexity index is 686. The fourth-order valence-electron chi connectivity index (χ4n) is 2.35. The molecular formula is C14H14N2O3. The second-order valence-corrected chi connectivity index (χ2v) is 4.84. The summed E-state index contributed by atoms with van der Waals surface area (Å²) in [5, 5.41) is 9.47. The summed E-state index contributed by atoms with van der Waals surface area (Å²) >= 11 is 0. The number of nitrogens with zero attached hydrogens (tertiary/aromatic N) is 1. The van der Waals surface area contributed by atoms with E-state index in [1.165, 1.54) is 6.20 Å². The molecule has 1 aromatic heterocycles. The van der Waals surface area contributed by atoms with Crippen LogP contribution >= 0.6 is 0 Å². The number of aliphatic hydroxyl groups excluding tert-OH is 1. The fraction of sp³-hybridized carbons (Fsp3) is 0.286. The largest absolute Gasteiger partial charge is 0.396 e. The molecule has 0 saturated carbocycles. The lowest BCUT2D eigenvalue weighted by Crippen LogP contribution is -2.52. The van der Waals surface area contributed by atoms with Crippen molar-refractivity contribution in [2.24, 2.45) is 5.92 Å². The lowest BCUT2D eigenvalue weighted by atomic mass is 10.00. The van der Waals surface area contributed by atoms with E-state index in [1.807, 2.05) is 6.07 Å². The van der Waals surface area contributed by atoms with Crippen LogP contribution in [-0.2, 0) is 0 Å². The first-order valence-corrected chi connectivity index (χ1v) is 6.21. The van der Waals surface area contributed by atoms with Crippen LogP contribution in [0.2, 0.25) is 0 Å². The molecule has 98 valence electrons. The van der Waals surface area contributed by atoms with Crippen molar-refractivity contribution in [3.63, 3.8) is 0 Å². The SMILES string of the molecule is O=C(c1c[nH]c2ccccc2c1=O)N1CC(CO)C1. The minimum Gasteiger partial charge on any atom is -0.396 e. The lowest BCUT2D eigenvalue weighted by Gasteiger charge is -2.38. The molecule has 1 amide bonds. The van der Waals surface area contributed by atoms with Crippen molar-refractivity contribution in [1.29, 1.82) is 0 Å². The van der Waals surface area contributed by atoms with Crippen LogP contribution in [0.4, 0.5) is 0 Å². The van der Waals surface area contributed by atoms with Gasteiger partial charge in [0.2, 0.25) is 5.43 Å². The number of hydrogen-bond acceptors (Lipinski definition) is 3. The van der Waals surface area contributed by atoms with Gasteiger partial charge in [-0.1, -0.05) is 12.1 Å². The van der Waals surface area contributed by atoms with Gasteiger partial charge in [0, 0.05) is 42.7 Å². The predicted molar refractivity (Wildman–Crippen MR) is 71.0 cm³/mol. The third-order valence-corrected chi connectivity index (χ3v) is 3.52. The molecule has 1 aliphatic rings. The van der Waals surface area contributed by atoms with Crippen molar-refractivity contribution in [3.8, 4) is 0 Å². The fourth-order valence-corrected chi connectivity index (χ4v) is 2.35. The Balaban J connectivity index is 1.95. The summed E-state index contributed by atoms with van der Waals surface area (Å²) in [6.07, 6.45) is 1.47. The first-order valence-electron chi connectivity index (χ1n) is 6.21. The number of carbonyl (C=O) groups is 1. The zero-order valence-electron chi connectivity index (χ0n) is 10.3. The molecule has 3 rings (SSSR count). The van der Waals surface area contributed by atoms with Crippen molar-refractivity contribution in [1.82, 2.24) is 9.88 Å². The first kappa shape index (κ1) is 11.9. The Morgan fingerprint density at radius 2 is 2.11 bits per heavy atom. The number of aromatic amines is 1. The predicted octanol–water partition coefficient (Wildman–Crippen LogP) is 0.592. The Kier molecular flexibility index (Phi) is 2.83. The average Bonchev–Trinajstić information content (AvgIpc) is 2.38. The van der Waals surface area contributed by atoms with Gasteiger partial charge in [0.15, 0.2) is 0 Å². The number of benzene rings is 1. The highest BCUT2D eigenvalue weighted by Crippen LogP contribution is 2.17. The van der Waals surface area contributed by atoms with Gasteiger partial charge < -0.3 is 15.0 Å². The third kappa shape index (κ3) is 1.92. The number of hydrogen-bond donors (Lipinski definition) is 2. The van der Waals surface area contributed by atoms with Crippen LogP contribution in [0.25, 0.3) is 10.9 Å². The van der Waals surface area contributed by atoms with Gasteiger partial charge in [-0.3, -0.25) is 9.59 Å². The van der Waals surface area contributed by atoms with Gasteiger partial charge in [-0.15, -0.1) is 0 Å². The van der Waals surface area contributed by atoms with Gasteiger partial charge >= 0.3 is 0 Å². The van der Waals surface area contributed by atoms with E-state index in [0.717, 1.165) is 5.52 Å². The Morgan fingerprint density at radius 3 is 2.84 bits per heavy atom. The number of H-pyrrole nitrogens is 1. The molecule has 2 aromatic rings. The highest BCUT2D eigenvalue weighted by Gasteiger charge is 2.31. The average molecular weight is 258 g/mol. The van der Waals surface area contributed by atoms with Crippen molar-refractivity contribution >= 4 is 16.8 Å². The molecule has 19 heavy (non-hydrogen) atoms. The van der Waals surface area contributed by atoms with E-state index in [4.69, 9.17) is 5.11 Å². The van der Waals surface area contributed by atoms with E-state index >= 15 is 0 Å². The highest BCUT2D eigenvalue weighted by atomic mass is 16.3. The molecule has 1 saturated heterocycles. The van der Waals surface area contributed by atoms with Crippen LogP contribution in [0.3, 0.4) is 0 Å². The number of fused-ring (bicyclic) bond motifs is 1. The molecule has 0 atom stereocenters. The number of pyridine rings is 1. The summed E-state index contributed by atoms with van der Waals surface area (Å²) in [7, 11) is 0. The van der Waals surface area contributed by atoms with E-state index in [2.05, 4.69) is 4.98 Å². The number of rotatable bonds is 2. The molecule has 1 aliphatic heterocycles. The van der Waals surface area contributed by atoms with E-state index in [0.29, 0.717) is 18.5 Å². The molecule has 2 heterocycles. The van der Waals surface area contributed by atoms with Gasteiger partial charge in [-0.25, -0.2) is 0 Å². The summed E-state index contributed by atoms with van der Waals surface area (Å²) in [4.78, 5) is 29.0.